The molecule has 6 heteroatoms. The third-order valence-electron chi connectivity index (χ3n) is 2.58. The Morgan fingerprint density at radius 2 is 2.26 bits per heavy atom. The quantitative estimate of drug-likeness (QED) is 0.300. The average Bonchev–Trinajstić information content (AvgIpc) is 2.39. The maximum atomic E-state index is 8.57. The van der Waals surface area contributed by atoms with Crippen LogP contribution >= 0.6 is 0 Å². The molecule has 0 amide bonds. The minimum absolute atomic E-state index is 0.0314. The minimum Gasteiger partial charge on any atom is -0.475 e. The van der Waals surface area contributed by atoms with Crippen LogP contribution in [0.25, 0.3) is 0 Å². The van der Waals surface area contributed by atoms with E-state index in [9.17, 15) is 0 Å². The van der Waals surface area contributed by atoms with Gasteiger partial charge in [-0.05, 0) is 19.9 Å². The Morgan fingerprint density at radius 3 is 2.89 bits per heavy atom. The van der Waals surface area contributed by atoms with Crippen molar-refractivity contribution in [3.8, 4) is 5.88 Å². The number of ether oxygens (including phenoxy) is 1. The van der Waals surface area contributed by atoms with Crippen LogP contribution in [-0.2, 0) is 6.54 Å². The summed E-state index contributed by atoms with van der Waals surface area (Å²) in [7, 11) is 0. The Hall–Kier alpha value is -1.82. The van der Waals surface area contributed by atoms with Crippen LogP contribution in [0.15, 0.2) is 23.5 Å². The number of hydrogen-bond acceptors (Lipinski definition) is 5. The maximum Gasteiger partial charge on any atom is 0.218 e. The fraction of sp³-hybridized carbons (Fsp3) is 0.538. The molecule has 1 aromatic rings. The van der Waals surface area contributed by atoms with Crippen molar-refractivity contribution >= 4 is 5.84 Å². The molecule has 6 nitrogen and oxygen atoms in total. The van der Waals surface area contributed by atoms with Crippen LogP contribution in [0.3, 0.4) is 0 Å². The lowest BCUT2D eigenvalue weighted by atomic mass is 10.1. The zero-order valence-corrected chi connectivity index (χ0v) is 11.6. The van der Waals surface area contributed by atoms with E-state index in [2.05, 4.69) is 15.5 Å². The molecule has 0 saturated carbocycles. The van der Waals surface area contributed by atoms with Crippen LogP contribution in [0.4, 0.5) is 0 Å². The van der Waals surface area contributed by atoms with Gasteiger partial charge >= 0.3 is 0 Å². The first-order chi connectivity index (χ1) is 9.04. The average molecular weight is 266 g/mol. The molecule has 1 rings (SSSR count). The summed E-state index contributed by atoms with van der Waals surface area (Å²) in [6, 6.07) is 3.84. The number of rotatable bonds is 7. The van der Waals surface area contributed by atoms with Crippen LogP contribution in [0.5, 0.6) is 5.88 Å². The van der Waals surface area contributed by atoms with Gasteiger partial charge in [-0.1, -0.05) is 18.1 Å². The van der Waals surface area contributed by atoms with Crippen LogP contribution in [0, 0.1) is 5.92 Å². The van der Waals surface area contributed by atoms with E-state index in [1.54, 1.807) is 6.20 Å². The Labute approximate surface area is 113 Å². The van der Waals surface area contributed by atoms with Gasteiger partial charge in [0.05, 0.1) is 6.10 Å². The molecule has 0 bridgehead atoms. The SMILES string of the molecule is CC(C)Oc1ncccc1CNCC(C)C(N)=NO. The van der Waals surface area contributed by atoms with Gasteiger partial charge in [-0.3, -0.25) is 0 Å². The lowest BCUT2D eigenvalue weighted by molar-refractivity contribution is 0.229. The van der Waals surface area contributed by atoms with Gasteiger partial charge in [-0.2, -0.15) is 0 Å². The topological polar surface area (TPSA) is 92.8 Å². The first kappa shape index (κ1) is 15.2. The largest absolute Gasteiger partial charge is 0.475 e. The van der Waals surface area contributed by atoms with Gasteiger partial charge in [0.2, 0.25) is 5.88 Å². The molecule has 0 saturated heterocycles. The van der Waals surface area contributed by atoms with Crippen molar-refractivity contribution in [2.75, 3.05) is 6.54 Å². The molecule has 0 radical (unpaired) electrons. The van der Waals surface area contributed by atoms with Gasteiger partial charge in [0.1, 0.15) is 5.84 Å². The number of nitrogens with one attached hydrogen (secondary N) is 1. The van der Waals surface area contributed by atoms with E-state index in [0.717, 1.165) is 5.56 Å². The number of aromatic nitrogens is 1. The van der Waals surface area contributed by atoms with Crippen LogP contribution in [0.1, 0.15) is 26.3 Å². The first-order valence-corrected chi connectivity index (χ1v) is 6.33. The molecule has 19 heavy (non-hydrogen) atoms. The molecule has 0 aliphatic heterocycles. The smallest absolute Gasteiger partial charge is 0.218 e. The highest BCUT2D eigenvalue weighted by Gasteiger charge is 2.09. The highest BCUT2D eigenvalue weighted by molar-refractivity contribution is 5.82. The van der Waals surface area contributed by atoms with E-state index >= 15 is 0 Å². The monoisotopic (exact) mass is 266 g/mol. The van der Waals surface area contributed by atoms with Gasteiger partial charge in [0, 0.05) is 30.8 Å². The molecule has 1 heterocycles. The van der Waals surface area contributed by atoms with E-state index in [4.69, 9.17) is 15.7 Å². The minimum atomic E-state index is -0.0314. The lowest BCUT2D eigenvalue weighted by Gasteiger charge is -2.14. The number of nitrogens with zero attached hydrogens (tertiary/aromatic N) is 2. The standard InChI is InChI=1S/C13H22N4O2/c1-9(2)19-13-11(5-4-6-16-13)8-15-7-10(3)12(14)17-18/h4-6,9-10,15,18H,7-8H2,1-3H3,(H2,14,17). The van der Waals surface area contributed by atoms with Crippen molar-refractivity contribution in [1.29, 1.82) is 0 Å². The highest BCUT2D eigenvalue weighted by atomic mass is 16.5. The second-order valence-electron chi connectivity index (χ2n) is 4.69. The second kappa shape index (κ2) is 7.58. The molecule has 106 valence electrons. The fourth-order valence-electron chi connectivity index (χ4n) is 1.51. The van der Waals surface area contributed by atoms with Gasteiger partial charge in [0.15, 0.2) is 0 Å². The van der Waals surface area contributed by atoms with E-state index in [1.807, 2.05) is 32.9 Å². The molecule has 0 spiro atoms. The first-order valence-electron chi connectivity index (χ1n) is 6.33. The fourth-order valence-corrected chi connectivity index (χ4v) is 1.51. The molecule has 0 aromatic carbocycles. The Bertz CT molecular complexity index is 421. The molecule has 1 atom stereocenters. The molecule has 0 aliphatic rings. The summed E-state index contributed by atoms with van der Waals surface area (Å²) in [6.07, 6.45) is 1.80. The number of nitrogens with two attached hydrogens (primary N) is 1. The molecule has 4 N–H and O–H groups in total. The predicted octanol–water partition coefficient (Wildman–Crippen LogP) is 1.34. The van der Waals surface area contributed by atoms with Gasteiger partial charge in [0.25, 0.3) is 0 Å². The second-order valence-corrected chi connectivity index (χ2v) is 4.69. The van der Waals surface area contributed by atoms with Crippen molar-refractivity contribution in [2.45, 2.75) is 33.4 Å². The Kier molecular flexibility index (Phi) is 6.08. The summed E-state index contributed by atoms with van der Waals surface area (Å²) in [5, 5.41) is 14.8. The number of hydrogen-bond donors (Lipinski definition) is 3. The van der Waals surface area contributed by atoms with Crippen molar-refractivity contribution in [1.82, 2.24) is 10.3 Å². The van der Waals surface area contributed by atoms with Crippen LogP contribution in [-0.4, -0.2) is 28.7 Å². The summed E-state index contributed by atoms with van der Waals surface area (Å²) >= 11 is 0. The maximum absolute atomic E-state index is 8.57. The predicted molar refractivity (Wildman–Crippen MR) is 74.3 cm³/mol. The summed E-state index contributed by atoms with van der Waals surface area (Å²) in [5.74, 6) is 0.829. The lowest BCUT2D eigenvalue weighted by Crippen LogP contribution is -2.31. The summed E-state index contributed by atoms with van der Waals surface area (Å²) in [4.78, 5) is 4.22. The molecule has 0 aliphatic carbocycles. The Morgan fingerprint density at radius 1 is 1.53 bits per heavy atom. The third-order valence-corrected chi connectivity index (χ3v) is 2.58. The molecule has 1 aromatic heterocycles. The van der Waals surface area contributed by atoms with E-state index in [-0.39, 0.29) is 17.9 Å². The highest BCUT2D eigenvalue weighted by Crippen LogP contribution is 2.15. The normalized spacial score (nSPS) is 13.6. The molecule has 1 unspecified atom stereocenters. The van der Waals surface area contributed by atoms with Crippen molar-refractivity contribution < 1.29 is 9.94 Å². The van der Waals surface area contributed by atoms with Crippen LogP contribution in [0.2, 0.25) is 0 Å². The van der Waals surface area contributed by atoms with E-state index in [0.29, 0.717) is 19.0 Å². The third kappa shape index (κ3) is 5.13. The number of oxime groups is 1. The van der Waals surface area contributed by atoms with Crippen LogP contribution < -0.4 is 15.8 Å². The zero-order chi connectivity index (χ0) is 14.3. The summed E-state index contributed by atoms with van der Waals surface area (Å²) in [5.41, 5.74) is 6.50. The summed E-state index contributed by atoms with van der Waals surface area (Å²) < 4.78 is 5.63. The van der Waals surface area contributed by atoms with Crippen molar-refractivity contribution in [3.63, 3.8) is 0 Å². The van der Waals surface area contributed by atoms with E-state index in [1.165, 1.54) is 0 Å². The van der Waals surface area contributed by atoms with Gasteiger partial charge in [-0.15, -0.1) is 0 Å². The Balaban J connectivity index is 2.53. The number of amidine groups is 1. The van der Waals surface area contributed by atoms with E-state index < -0.39 is 0 Å². The number of pyridine rings is 1. The summed E-state index contributed by atoms with van der Waals surface area (Å²) in [6.45, 7) is 7.06. The zero-order valence-electron chi connectivity index (χ0n) is 11.6. The van der Waals surface area contributed by atoms with Crippen molar-refractivity contribution in [3.05, 3.63) is 23.9 Å². The van der Waals surface area contributed by atoms with Gasteiger partial charge < -0.3 is 21.0 Å². The van der Waals surface area contributed by atoms with Gasteiger partial charge in [-0.25, -0.2) is 4.98 Å². The van der Waals surface area contributed by atoms with Crippen molar-refractivity contribution in [2.24, 2.45) is 16.8 Å². The molecule has 0 fully saturated rings. The molecular formula is C13H22N4O2. The molecular weight excluding hydrogens is 244 g/mol.